The van der Waals surface area contributed by atoms with Crippen molar-refractivity contribution in [3.8, 4) is 23.0 Å². The molecule has 0 saturated heterocycles. The highest BCUT2D eigenvalue weighted by atomic mass is 79.9. The molecule has 2 aromatic rings. The molecule has 0 aromatic heterocycles. The quantitative estimate of drug-likeness (QED) is 0.793. The minimum atomic E-state index is -0.761. The summed E-state index contributed by atoms with van der Waals surface area (Å²) in [5, 5.41) is 11.3. The van der Waals surface area contributed by atoms with E-state index in [1.165, 1.54) is 5.56 Å². The van der Waals surface area contributed by atoms with Gasteiger partial charge in [-0.3, -0.25) is 4.90 Å². The van der Waals surface area contributed by atoms with Crippen LogP contribution in [0.25, 0.3) is 0 Å². The fraction of sp³-hybridized carbons (Fsp3) is 0.400. The molecule has 0 radical (unpaired) electrons. The Labute approximate surface area is 166 Å². The first kappa shape index (κ1) is 18.4. The fourth-order valence-electron chi connectivity index (χ4n) is 3.88. The molecule has 0 aliphatic carbocycles. The van der Waals surface area contributed by atoms with Crippen LogP contribution in [0.3, 0.4) is 0 Å². The zero-order chi connectivity index (χ0) is 19.1. The van der Waals surface area contributed by atoms with E-state index in [1.54, 1.807) is 14.2 Å². The van der Waals surface area contributed by atoms with Gasteiger partial charge in [0.1, 0.15) is 0 Å². The Morgan fingerprint density at radius 3 is 2.63 bits per heavy atom. The highest BCUT2D eigenvalue weighted by Crippen LogP contribution is 2.47. The first-order valence-electron chi connectivity index (χ1n) is 8.76. The molecule has 7 heteroatoms. The first-order valence-corrected chi connectivity index (χ1v) is 9.55. The minimum absolute atomic E-state index is 0.211. The van der Waals surface area contributed by atoms with Crippen molar-refractivity contribution in [3.05, 3.63) is 45.4 Å². The van der Waals surface area contributed by atoms with E-state index in [9.17, 15) is 5.11 Å². The van der Waals surface area contributed by atoms with E-state index in [-0.39, 0.29) is 12.8 Å². The summed E-state index contributed by atoms with van der Waals surface area (Å²) in [6, 6.07) is 7.50. The number of ether oxygens (including phenoxy) is 4. The van der Waals surface area contributed by atoms with Gasteiger partial charge in [0.15, 0.2) is 23.0 Å². The Bertz CT molecular complexity index is 872. The highest BCUT2D eigenvalue weighted by Gasteiger charge is 2.35. The predicted molar refractivity (Wildman–Crippen MR) is 104 cm³/mol. The van der Waals surface area contributed by atoms with Crippen molar-refractivity contribution in [2.45, 2.75) is 18.6 Å². The molecule has 2 atom stereocenters. The summed E-state index contributed by atoms with van der Waals surface area (Å²) in [4.78, 5) is 2.17. The average molecular weight is 436 g/mol. The molecule has 27 heavy (non-hydrogen) atoms. The molecular weight excluding hydrogens is 414 g/mol. The van der Waals surface area contributed by atoms with Gasteiger partial charge in [-0.1, -0.05) is 6.07 Å². The van der Waals surface area contributed by atoms with E-state index in [4.69, 9.17) is 18.9 Å². The van der Waals surface area contributed by atoms with Crippen LogP contribution in [0, 0.1) is 0 Å². The van der Waals surface area contributed by atoms with Crippen LogP contribution in [0.4, 0.5) is 0 Å². The molecule has 2 aliphatic rings. The maximum Gasteiger partial charge on any atom is 0.231 e. The average Bonchev–Trinajstić information content (AvgIpc) is 3.12. The molecule has 0 fully saturated rings. The summed E-state index contributed by atoms with van der Waals surface area (Å²) in [5.41, 5.74) is 2.98. The Morgan fingerprint density at radius 2 is 1.93 bits per heavy atom. The van der Waals surface area contributed by atoms with Gasteiger partial charge in [0.2, 0.25) is 6.79 Å². The maximum absolute atomic E-state index is 11.3. The van der Waals surface area contributed by atoms with Crippen LogP contribution in [0.15, 0.2) is 28.7 Å². The Hall–Kier alpha value is -1.96. The van der Waals surface area contributed by atoms with Crippen molar-refractivity contribution in [2.75, 3.05) is 34.6 Å². The minimum Gasteiger partial charge on any atom is -0.493 e. The third kappa shape index (κ3) is 3.03. The largest absolute Gasteiger partial charge is 0.493 e. The highest BCUT2D eigenvalue weighted by molar-refractivity contribution is 9.10. The standard InChI is InChI=1S/C20H22BrNO5/c1-22-7-6-11-8-15-16(27-10-26-15)9-13(11)18(22)19(23)12-4-5-14(24-2)20(25-3)17(12)21/h4-5,8-9,18-19,23H,6-7,10H2,1-3H3/t18-,19-/m1/s1. The summed E-state index contributed by atoms with van der Waals surface area (Å²) >= 11 is 3.58. The smallest absolute Gasteiger partial charge is 0.231 e. The summed E-state index contributed by atoms with van der Waals surface area (Å²) in [6.07, 6.45) is 0.141. The second-order valence-corrected chi connectivity index (χ2v) is 7.52. The van der Waals surface area contributed by atoms with E-state index in [1.807, 2.05) is 31.3 Å². The normalized spacial score (nSPS) is 19.5. The molecule has 2 aromatic carbocycles. The van der Waals surface area contributed by atoms with Crippen LogP contribution < -0.4 is 18.9 Å². The van der Waals surface area contributed by atoms with Gasteiger partial charge in [0.25, 0.3) is 0 Å². The van der Waals surface area contributed by atoms with E-state index in [2.05, 4.69) is 20.8 Å². The number of methoxy groups -OCH3 is 2. The molecule has 0 spiro atoms. The van der Waals surface area contributed by atoms with Crippen molar-refractivity contribution in [1.82, 2.24) is 4.90 Å². The van der Waals surface area contributed by atoms with E-state index in [0.717, 1.165) is 35.6 Å². The van der Waals surface area contributed by atoms with Crippen molar-refractivity contribution >= 4 is 15.9 Å². The van der Waals surface area contributed by atoms with Crippen LogP contribution >= 0.6 is 15.9 Å². The number of aliphatic hydroxyl groups is 1. The van der Waals surface area contributed by atoms with Gasteiger partial charge < -0.3 is 24.1 Å². The van der Waals surface area contributed by atoms with Gasteiger partial charge in [-0.05, 0) is 58.7 Å². The molecule has 2 aliphatic heterocycles. The lowest BCUT2D eigenvalue weighted by Crippen LogP contribution is -2.36. The lowest BCUT2D eigenvalue weighted by atomic mass is 9.86. The molecular formula is C20H22BrNO5. The number of halogens is 1. The van der Waals surface area contributed by atoms with E-state index in [0.29, 0.717) is 16.0 Å². The molecule has 6 nitrogen and oxygen atoms in total. The second-order valence-electron chi connectivity index (χ2n) is 6.73. The monoisotopic (exact) mass is 435 g/mol. The molecule has 144 valence electrons. The predicted octanol–water partition coefficient (Wildman–Crippen LogP) is 3.46. The zero-order valence-corrected chi connectivity index (χ0v) is 17.1. The SMILES string of the molecule is COc1ccc([C@@H](O)[C@H]2c3cc4c(cc3CCN2C)OCO4)c(Br)c1OC. The zero-order valence-electron chi connectivity index (χ0n) is 15.5. The maximum atomic E-state index is 11.3. The summed E-state index contributed by atoms with van der Waals surface area (Å²) in [6.45, 7) is 1.09. The summed E-state index contributed by atoms with van der Waals surface area (Å²) in [5.74, 6) is 2.69. The number of benzene rings is 2. The van der Waals surface area contributed by atoms with Gasteiger partial charge in [0, 0.05) is 12.1 Å². The van der Waals surface area contributed by atoms with Gasteiger partial charge in [-0.2, -0.15) is 0 Å². The number of likely N-dealkylation sites (N-methyl/N-ethyl adjacent to an activating group) is 1. The molecule has 2 heterocycles. The number of nitrogens with zero attached hydrogens (tertiary/aromatic N) is 1. The molecule has 0 unspecified atom stereocenters. The summed E-state index contributed by atoms with van der Waals surface area (Å²) in [7, 11) is 5.20. The van der Waals surface area contributed by atoms with E-state index < -0.39 is 6.10 Å². The third-order valence-electron chi connectivity index (χ3n) is 5.29. The number of fused-ring (bicyclic) bond motifs is 2. The number of hydrogen-bond acceptors (Lipinski definition) is 6. The van der Waals surface area contributed by atoms with Crippen molar-refractivity contribution in [1.29, 1.82) is 0 Å². The van der Waals surface area contributed by atoms with Gasteiger partial charge in [-0.15, -0.1) is 0 Å². The molecule has 0 saturated carbocycles. The first-order chi connectivity index (χ1) is 13.0. The van der Waals surface area contributed by atoms with Crippen LogP contribution in [-0.2, 0) is 6.42 Å². The van der Waals surface area contributed by atoms with Crippen molar-refractivity contribution < 1.29 is 24.1 Å². The van der Waals surface area contributed by atoms with E-state index >= 15 is 0 Å². The molecule has 4 rings (SSSR count). The lowest BCUT2D eigenvalue weighted by molar-refractivity contribution is 0.0552. The molecule has 0 amide bonds. The molecule has 0 bridgehead atoms. The third-order valence-corrected chi connectivity index (χ3v) is 6.11. The molecule has 1 N–H and O–H groups in total. The Morgan fingerprint density at radius 1 is 1.19 bits per heavy atom. The van der Waals surface area contributed by atoms with Crippen molar-refractivity contribution in [3.63, 3.8) is 0 Å². The van der Waals surface area contributed by atoms with Crippen LogP contribution in [0.2, 0.25) is 0 Å². The lowest BCUT2D eigenvalue weighted by Gasteiger charge is -2.38. The fourth-order valence-corrected chi connectivity index (χ4v) is 4.60. The van der Waals surface area contributed by atoms with Crippen molar-refractivity contribution in [2.24, 2.45) is 0 Å². The Kier molecular flexibility index (Phi) is 4.92. The second kappa shape index (κ2) is 7.22. The number of aliphatic hydroxyl groups excluding tert-OH is 1. The van der Waals surface area contributed by atoms with Gasteiger partial charge in [0.05, 0.1) is 30.8 Å². The van der Waals surface area contributed by atoms with Gasteiger partial charge in [-0.25, -0.2) is 0 Å². The van der Waals surface area contributed by atoms with Gasteiger partial charge >= 0.3 is 0 Å². The van der Waals surface area contributed by atoms with Crippen LogP contribution in [-0.4, -0.2) is 44.6 Å². The van der Waals surface area contributed by atoms with Crippen LogP contribution in [0.1, 0.15) is 28.8 Å². The number of rotatable bonds is 4. The summed E-state index contributed by atoms with van der Waals surface area (Å²) < 4.78 is 22.6. The topological polar surface area (TPSA) is 60.4 Å². The Balaban J connectivity index is 1.78. The number of hydrogen-bond donors (Lipinski definition) is 1. The van der Waals surface area contributed by atoms with Crippen LogP contribution in [0.5, 0.6) is 23.0 Å².